The average Bonchev–Trinajstić information content (AvgIpc) is 3.03. The average molecular weight is 710 g/mol. The Hall–Kier alpha value is -3.13. The van der Waals surface area contributed by atoms with Gasteiger partial charge >= 0.3 is 12.1 Å². The number of nitrogens with zero attached hydrogens (tertiary/aromatic N) is 1. The molecule has 1 heterocycles. The van der Waals surface area contributed by atoms with Crippen LogP contribution in [0.2, 0.25) is 0 Å². The van der Waals surface area contributed by atoms with Crippen LogP contribution >= 0.6 is 0 Å². The molecule has 286 valence electrons. The summed E-state index contributed by atoms with van der Waals surface area (Å²) in [5.41, 5.74) is -0.399. The van der Waals surface area contributed by atoms with E-state index in [9.17, 15) is 24.6 Å². The fourth-order valence-corrected chi connectivity index (χ4v) is 5.64. The van der Waals surface area contributed by atoms with Crippen molar-refractivity contribution in [2.75, 3.05) is 66.3 Å². The highest BCUT2D eigenvalue weighted by Crippen LogP contribution is 2.27. The van der Waals surface area contributed by atoms with Crippen molar-refractivity contribution in [1.29, 1.82) is 0 Å². The summed E-state index contributed by atoms with van der Waals surface area (Å²) in [6.45, 7) is 18.5. The molecule has 13 nitrogen and oxygen atoms in total. The molecular formula is C37H63N3O10. The number of ether oxygens (including phenoxy) is 5. The lowest BCUT2D eigenvalue weighted by Crippen LogP contribution is -2.49. The number of aliphatic carboxylic acids is 1. The van der Waals surface area contributed by atoms with E-state index < -0.39 is 35.7 Å². The number of morpholine rings is 1. The van der Waals surface area contributed by atoms with E-state index >= 15 is 0 Å². The number of unbranched alkanes of at least 4 members (excludes halogenated alkanes) is 1. The fourth-order valence-electron chi connectivity index (χ4n) is 5.64. The molecule has 1 saturated heterocycles. The summed E-state index contributed by atoms with van der Waals surface area (Å²) in [6, 6.07) is 4.39. The quantitative estimate of drug-likeness (QED) is 0.124. The van der Waals surface area contributed by atoms with Gasteiger partial charge in [0.15, 0.2) is 0 Å². The maximum Gasteiger partial charge on any atom is 0.407 e. The standard InChI is InChI=1S/C37H63N3O10/c1-25(2)27(21-31(39-36(45)50-37(5,6)7)32(41)23-30(26(3)4)35(43)44)24-38-34(42)29-12-11-28(22-33(29)49-17-10-9-16-46-8)48-20-15-40-13-18-47-19-14-40/h11-12,22,25-27,30-32,41H,9-10,13-21,23-24H2,1-8H3,(H,38,42)(H,39,45)(H,43,44)/t27-,30+,31+,32+/m1/s1. The highest BCUT2D eigenvalue weighted by molar-refractivity contribution is 5.97. The van der Waals surface area contributed by atoms with E-state index in [0.717, 1.165) is 32.5 Å². The summed E-state index contributed by atoms with van der Waals surface area (Å²) >= 11 is 0. The van der Waals surface area contributed by atoms with E-state index in [0.29, 0.717) is 50.1 Å². The van der Waals surface area contributed by atoms with Crippen LogP contribution in [0.3, 0.4) is 0 Å². The third kappa shape index (κ3) is 16.3. The Labute approximate surface area is 298 Å². The van der Waals surface area contributed by atoms with Crippen molar-refractivity contribution >= 4 is 18.0 Å². The number of hydrogen-bond donors (Lipinski definition) is 4. The molecule has 4 atom stereocenters. The first-order valence-electron chi connectivity index (χ1n) is 18.0. The minimum atomic E-state index is -1.16. The van der Waals surface area contributed by atoms with Crippen LogP contribution in [0, 0.1) is 23.7 Å². The lowest BCUT2D eigenvalue weighted by atomic mass is 9.83. The van der Waals surface area contributed by atoms with Gasteiger partial charge in [0, 0.05) is 46.0 Å². The number of aliphatic hydroxyl groups is 1. The summed E-state index contributed by atoms with van der Waals surface area (Å²) in [7, 11) is 1.65. The molecule has 1 fully saturated rings. The zero-order chi connectivity index (χ0) is 37.3. The molecule has 2 rings (SSSR count). The van der Waals surface area contributed by atoms with Crippen LogP contribution < -0.4 is 20.1 Å². The molecule has 0 saturated carbocycles. The first kappa shape index (κ1) is 43.0. The van der Waals surface area contributed by atoms with E-state index in [1.165, 1.54) is 0 Å². The number of aliphatic hydroxyl groups excluding tert-OH is 1. The molecule has 2 amide bonds. The third-order valence-electron chi connectivity index (χ3n) is 8.79. The van der Waals surface area contributed by atoms with Gasteiger partial charge in [-0.15, -0.1) is 0 Å². The predicted octanol–water partition coefficient (Wildman–Crippen LogP) is 4.60. The second-order valence-corrected chi connectivity index (χ2v) is 14.7. The monoisotopic (exact) mass is 709 g/mol. The number of carbonyl (C=O) groups excluding carboxylic acids is 2. The molecule has 1 aromatic carbocycles. The van der Waals surface area contributed by atoms with Crippen LogP contribution in [0.5, 0.6) is 11.5 Å². The maximum atomic E-state index is 13.6. The van der Waals surface area contributed by atoms with Crippen LogP contribution in [0.15, 0.2) is 18.2 Å². The van der Waals surface area contributed by atoms with Gasteiger partial charge in [-0.05, 0) is 76.3 Å². The van der Waals surface area contributed by atoms with Crippen molar-refractivity contribution in [2.24, 2.45) is 23.7 Å². The second kappa shape index (κ2) is 21.9. The Morgan fingerprint density at radius 3 is 2.24 bits per heavy atom. The Balaban J connectivity index is 2.19. The molecular weight excluding hydrogens is 646 g/mol. The smallest absolute Gasteiger partial charge is 0.407 e. The summed E-state index contributed by atoms with van der Waals surface area (Å²) in [4.78, 5) is 40.7. The van der Waals surface area contributed by atoms with Crippen molar-refractivity contribution < 1.29 is 48.3 Å². The van der Waals surface area contributed by atoms with Gasteiger partial charge in [-0.1, -0.05) is 27.7 Å². The van der Waals surface area contributed by atoms with E-state index in [1.54, 1.807) is 59.9 Å². The Bertz CT molecular complexity index is 1170. The molecule has 13 heteroatoms. The summed E-state index contributed by atoms with van der Waals surface area (Å²) in [5.74, 6) is -1.47. The van der Waals surface area contributed by atoms with Crippen LogP contribution in [0.4, 0.5) is 4.79 Å². The van der Waals surface area contributed by atoms with Crippen molar-refractivity contribution in [3.05, 3.63) is 23.8 Å². The topological polar surface area (TPSA) is 165 Å². The van der Waals surface area contributed by atoms with Gasteiger partial charge in [-0.2, -0.15) is 0 Å². The number of benzene rings is 1. The number of carbonyl (C=O) groups is 3. The fraction of sp³-hybridized carbons (Fsp3) is 0.757. The number of carboxylic acids is 1. The molecule has 0 aromatic heterocycles. The lowest BCUT2D eigenvalue weighted by Gasteiger charge is -2.32. The Morgan fingerprint density at radius 1 is 0.960 bits per heavy atom. The summed E-state index contributed by atoms with van der Waals surface area (Å²) in [6.07, 6.45) is -0.0576. The zero-order valence-electron chi connectivity index (χ0n) is 31.5. The zero-order valence-corrected chi connectivity index (χ0v) is 31.5. The first-order valence-corrected chi connectivity index (χ1v) is 18.0. The number of nitrogens with one attached hydrogen (secondary N) is 2. The van der Waals surface area contributed by atoms with E-state index in [2.05, 4.69) is 15.5 Å². The van der Waals surface area contributed by atoms with Crippen molar-refractivity contribution in [2.45, 2.75) is 91.9 Å². The first-order chi connectivity index (χ1) is 23.6. The SMILES string of the molecule is COCCCCOc1cc(OCCN2CCOCC2)ccc1C(=O)NC[C@@H](C[C@H](NC(=O)OC(C)(C)C)[C@@H](O)C[C@H](C(=O)O)C(C)C)C(C)C. The number of amides is 2. The molecule has 50 heavy (non-hydrogen) atoms. The van der Waals surface area contributed by atoms with Crippen LogP contribution in [0.25, 0.3) is 0 Å². The van der Waals surface area contributed by atoms with Gasteiger partial charge in [-0.25, -0.2) is 4.79 Å². The molecule has 0 spiro atoms. The number of methoxy groups -OCH3 is 1. The molecule has 1 aliphatic rings. The highest BCUT2D eigenvalue weighted by Gasteiger charge is 2.33. The van der Waals surface area contributed by atoms with Crippen molar-refractivity contribution in [3.8, 4) is 11.5 Å². The molecule has 4 N–H and O–H groups in total. The van der Waals surface area contributed by atoms with Crippen LogP contribution in [-0.2, 0) is 19.0 Å². The maximum absolute atomic E-state index is 13.6. The van der Waals surface area contributed by atoms with Gasteiger partial charge in [0.2, 0.25) is 0 Å². The Kier molecular flexibility index (Phi) is 18.9. The van der Waals surface area contributed by atoms with Gasteiger partial charge in [0.1, 0.15) is 23.7 Å². The van der Waals surface area contributed by atoms with Crippen molar-refractivity contribution in [1.82, 2.24) is 15.5 Å². The molecule has 0 radical (unpaired) electrons. The number of carboxylic acid groups (broad SMARTS) is 1. The van der Waals surface area contributed by atoms with E-state index in [1.807, 2.05) is 13.8 Å². The summed E-state index contributed by atoms with van der Waals surface area (Å²) in [5, 5.41) is 26.9. The molecule has 0 unspecified atom stereocenters. The van der Waals surface area contributed by atoms with Gasteiger partial charge in [0.05, 0.1) is 43.4 Å². The summed E-state index contributed by atoms with van der Waals surface area (Å²) < 4.78 is 28.1. The van der Waals surface area contributed by atoms with Crippen LogP contribution in [0.1, 0.15) is 84.5 Å². The van der Waals surface area contributed by atoms with Gasteiger partial charge < -0.3 is 44.5 Å². The number of alkyl carbamates (subject to hydrolysis) is 1. The molecule has 1 aromatic rings. The second-order valence-electron chi connectivity index (χ2n) is 14.7. The van der Waals surface area contributed by atoms with Gasteiger partial charge in [0.25, 0.3) is 5.91 Å². The molecule has 0 aliphatic carbocycles. The molecule has 0 bridgehead atoms. The van der Waals surface area contributed by atoms with Gasteiger partial charge in [-0.3, -0.25) is 14.5 Å². The van der Waals surface area contributed by atoms with Crippen molar-refractivity contribution in [3.63, 3.8) is 0 Å². The number of rotatable bonds is 22. The van der Waals surface area contributed by atoms with E-state index in [4.69, 9.17) is 23.7 Å². The predicted molar refractivity (Wildman–Crippen MR) is 191 cm³/mol. The minimum absolute atomic E-state index is 0.0451. The largest absolute Gasteiger partial charge is 0.493 e. The minimum Gasteiger partial charge on any atom is -0.493 e. The van der Waals surface area contributed by atoms with E-state index in [-0.39, 0.29) is 43.0 Å². The third-order valence-corrected chi connectivity index (χ3v) is 8.79. The van der Waals surface area contributed by atoms with Crippen LogP contribution in [-0.4, -0.2) is 117 Å². The normalized spacial score (nSPS) is 16.4. The molecule has 1 aliphatic heterocycles. The number of hydrogen-bond acceptors (Lipinski definition) is 10. The Morgan fingerprint density at radius 2 is 1.64 bits per heavy atom. The highest BCUT2D eigenvalue weighted by atomic mass is 16.6. The lowest BCUT2D eigenvalue weighted by molar-refractivity contribution is -0.144.